The van der Waals surface area contributed by atoms with Crippen LogP contribution in [0.5, 0.6) is 0 Å². The highest BCUT2D eigenvalue weighted by atomic mass is 35.5. The van der Waals surface area contributed by atoms with E-state index in [-0.39, 0.29) is 5.91 Å². The molecule has 2 rings (SSSR count). The van der Waals surface area contributed by atoms with Gasteiger partial charge in [-0.15, -0.1) is 0 Å². The second-order valence-electron chi connectivity index (χ2n) is 3.82. The number of amides is 1. The van der Waals surface area contributed by atoms with Crippen LogP contribution in [0.3, 0.4) is 0 Å². The Hall–Kier alpha value is -1.82. The van der Waals surface area contributed by atoms with Gasteiger partial charge in [0.1, 0.15) is 5.69 Å². The second-order valence-corrected chi connectivity index (χ2v) is 4.23. The number of carbonyl (C=O) groups excluding carboxylic acids is 1. The lowest BCUT2D eigenvalue weighted by atomic mass is 10.3. The number of rotatable bonds is 4. The monoisotopic (exact) mass is 267 g/mol. The molecule has 1 N–H and O–H groups in total. The number of hydrogen-bond acceptors (Lipinski definition) is 3. The predicted octanol–water partition coefficient (Wildman–Crippen LogP) is 1.22. The van der Waals surface area contributed by atoms with Crippen LogP contribution in [0.4, 0.5) is 0 Å². The van der Waals surface area contributed by atoms with Gasteiger partial charge in [-0.2, -0.15) is 10.2 Å². The van der Waals surface area contributed by atoms with Crippen LogP contribution in [0.1, 0.15) is 23.1 Å². The summed E-state index contributed by atoms with van der Waals surface area (Å²) in [6, 6.07) is 1.85. The molecule has 2 aromatic rings. The third-order valence-electron chi connectivity index (χ3n) is 2.51. The molecule has 2 aromatic heterocycles. The fourth-order valence-electron chi connectivity index (χ4n) is 1.64. The van der Waals surface area contributed by atoms with Crippen LogP contribution in [-0.4, -0.2) is 25.5 Å². The molecule has 0 aromatic carbocycles. The predicted molar refractivity (Wildman–Crippen MR) is 67.3 cm³/mol. The molecule has 0 saturated heterocycles. The molecule has 0 saturated carbocycles. The summed E-state index contributed by atoms with van der Waals surface area (Å²) >= 11 is 5.94. The van der Waals surface area contributed by atoms with E-state index in [0.717, 1.165) is 5.69 Å². The average molecular weight is 268 g/mol. The molecule has 0 aliphatic rings. The van der Waals surface area contributed by atoms with Crippen molar-refractivity contribution in [2.75, 3.05) is 0 Å². The van der Waals surface area contributed by atoms with Gasteiger partial charge in [-0.25, -0.2) is 0 Å². The van der Waals surface area contributed by atoms with Gasteiger partial charge in [0.15, 0.2) is 0 Å². The molecule has 0 aliphatic carbocycles. The molecule has 0 atom stereocenters. The zero-order valence-electron chi connectivity index (χ0n) is 10.2. The Labute approximate surface area is 110 Å². The smallest absolute Gasteiger partial charge is 0.271 e. The Kier molecular flexibility index (Phi) is 3.66. The Bertz CT molecular complexity index is 560. The van der Waals surface area contributed by atoms with Gasteiger partial charge in [0.25, 0.3) is 5.91 Å². The first-order chi connectivity index (χ1) is 8.61. The topological polar surface area (TPSA) is 64.7 Å². The Morgan fingerprint density at radius 1 is 1.56 bits per heavy atom. The van der Waals surface area contributed by atoms with E-state index in [1.54, 1.807) is 9.36 Å². The van der Waals surface area contributed by atoms with Gasteiger partial charge >= 0.3 is 0 Å². The number of hydrogen-bond donors (Lipinski definition) is 1. The molecule has 96 valence electrons. The van der Waals surface area contributed by atoms with E-state index in [0.29, 0.717) is 23.8 Å². The van der Waals surface area contributed by atoms with Crippen molar-refractivity contribution in [2.24, 2.45) is 7.05 Å². The van der Waals surface area contributed by atoms with E-state index in [4.69, 9.17) is 11.6 Å². The highest BCUT2D eigenvalue weighted by molar-refractivity contribution is 6.33. The minimum Gasteiger partial charge on any atom is -0.345 e. The van der Waals surface area contributed by atoms with Crippen molar-refractivity contribution in [1.82, 2.24) is 24.9 Å². The van der Waals surface area contributed by atoms with Crippen molar-refractivity contribution >= 4 is 17.5 Å². The number of aromatic nitrogens is 4. The van der Waals surface area contributed by atoms with Crippen LogP contribution in [0, 0.1) is 0 Å². The van der Waals surface area contributed by atoms with Crippen molar-refractivity contribution in [3.63, 3.8) is 0 Å². The maximum absolute atomic E-state index is 12.0. The molecular weight excluding hydrogens is 254 g/mol. The first kappa shape index (κ1) is 12.6. The van der Waals surface area contributed by atoms with Crippen molar-refractivity contribution in [1.29, 1.82) is 0 Å². The molecule has 0 spiro atoms. The first-order valence-corrected chi connectivity index (χ1v) is 5.97. The SMILES string of the molecule is CCn1ncc(Cl)c1C(=O)NCc1ccn(C)n1. The molecule has 7 heteroatoms. The van der Waals surface area contributed by atoms with E-state index in [1.807, 2.05) is 26.2 Å². The van der Waals surface area contributed by atoms with Gasteiger partial charge in [-0.3, -0.25) is 14.2 Å². The van der Waals surface area contributed by atoms with Crippen molar-refractivity contribution < 1.29 is 4.79 Å². The number of halogens is 1. The van der Waals surface area contributed by atoms with Gasteiger partial charge in [0.05, 0.1) is 23.5 Å². The molecule has 0 aliphatic heterocycles. The zero-order chi connectivity index (χ0) is 13.1. The van der Waals surface area contributed by atoms with Crippen LogP contribution in [-0.2, 0) is 20.1 Å². The van der Waals surface area contributed by atoms with Gasteiger partial charge in [0, 0.05) is 19.8 Å². The summed E-state index contributed by atoms with van der Waals surface area (Å²) in [4.78, 5) is 12.0. The fourth-order valence-corrected chi connectivity index (χ4v) is 1.87. The lowest BCUT2D eigenvalue weighted by Crippen LogP contribution is -2.26. The van der Waals surface area contributed by atoms with E-state index >= 15 is 0 Å². The molecule has 2 heterocycles. The number of aryl methyl sites for hydroxylation is 2. The fraction of sp³-hybridized carbons (Fsp3) is 0.364. The summed E-state index contributed by atoms with van der Waals surface area (Å²) in [6.45, 7) is 2.86. The van der Waals surface area contributed by atoms with Crippen LogP contribution in [0.2, 0.25) is 5.02 Å². The number of nitrogens with zero attached hydrogens (tertiary/aromatic N) is 4. The molecule has 0 unspecified atom stereocenters. The Balaban J connectivity index is 2.05. The van der Waals surface area contributed by atoms with Crippen LogP contribution >= 0.6 is 11.6 Å². The third kappa shape index (κ3) is 2.53. The quantitative estimate of drug-likeness (QED) is 0.906. The summed E-state index contributed by atoms with van der Waals surface area (Å²) in [7, 11) is 1.83. The summed E-state index contributed by atoms with van der Waals surface area (Å²) in [5.41, 5.74) is 1.18. The van der Waals surface area contributed by atoms with Crippen molar-refractivity contribution in [2.45, 2.75) is 20.0 Å². The van der Waals surface area contributed by atoms with Gasteiger partial charge in [-0.1, -0.05) is 11.6 Å². The molecular formula is C11H14ClN5O. The summed E-state index contributed by atoms with van der Waals surface area (Å²) < 4.78 is 3.25. The summed E-state index contributed by atoms with van der Waals surface area (Å²) in [5.74, 6) is -0.245. The van der Waals surface area contributed by atoms with Gasteiger partial charge in [-0.05, 0) is 13.0 Å². The Morgan fingerprint density at radius 3 is 2.94 bits per heavy atom. The summed E-state index contributed by atoms with van der Waals surface area (Å²) in [6.07, 6.45) is 3.30. The molecule has 1 amide bonds. The maximum Gasteiger partial charge on any atom is 0.271 e. The van der Waals surface area contributed by atoms with Crippen molar-refractivity contribution in [3.8, 4) is 0 Å². The second kappa shape index (κ2) is 5.22. The standard InChI is InChI=1S/C11H14ClN5O/c1-3-17-10(9(12)7-14-17)11(18)13-6-8-4-5-16(2)15-8/h4-5,7H,3,6H2,1-2H3,(H,13,18). The van der Waals surface area contributed by atoms with E-state index in [9.17, 15) is 4.79 Å². The molecule has 18 heavy (non-hydrogen) atoms. The zero-order valence-corrected chi connectivity index (χ0v) is 11.0. The lowest BCUT2D eigenvalue weighted by Gasteiger charge is -2.06. The highest BCUT2D eigenvalue weighted by Crippen LogP contribution is 2.14. The lowest BCUT2D eigenvalue weighted by molar-refractivity contribution is 0.0940. The van der Waals surface area contributed by atoms with Gasteiger partial charge < -0.3 is 5.32 Å². The largest absolute Gasteiger partial charge is 0.345 e. The molecule has 0 bridgehead atoms. The third-order valence-corrected chi connectivity index (χ3v) is 2.78. The maximum atomic E-state index is 12.0. The number of carbonyl (C=O) groups is 1. The van der Waals surface area contributed by atoms with E-state index < -0.39 is 0 Å². The molecule has 0 radical (unpaired) electrons. The molecule has 6 nitrogen and oxygen atoms in total. The Morgan fingerprint density at radius 2 is 2.33 bits per heavy atom. The minimum absolute atomic E-state index is 0.245. The average Bonchev–Trinajstić information content (AvgIpc) is 2.92. The number of nitrogens with one attached hydrogen (secondary N) is 1. The van der Waals surface area contributed by atoms with Gasteiger partial charge in [0.2, 0.25) is 0 Å². The molecule has 0 fully saturated rings. The van der Waals surface area contributed by atoms with E-state index in [2.05, 4.69) is 15.5 Å². The van der Waals surface area contributed by atoms with E-state index in [1.165, 1.54) is 6.20 Å². The summed E-state index contributed by atoms with van der Waals surface area (Å²) in [5, 5.41) is 11.3. The normalized spacial score (nSPS) is 10.6. The minimum atomic E-state index is -0.245. The van der Waals surface area contributed by atoms with Crippen LogP contribution in [0.15, 0.2) is 18.5 Å². The van der Waals surface area contributed by atoms with Crippen LogP contribution < -0.4 is 5.32 Å². The highest BCUT2D eigenvalue weighted by Gasteiger charge is 2.16. The van der Waals surface area contributed by atoms with Crippen molar-refractivity contribution in [3.05, 3.63) is 34.9 Å². The van der Waals surface area contributed by atoms with Crippen LogP contribution in [0.25, 0.3) is 0 Å². The first-order valence-electron chi connectivity index (χ1n) is 5.60.